The lowest BCUT2D eigenvalue weighted by atomic mass is 10.4. The van der Waals surface area contributed by atoms with E-state index in [1.807, 2.05) is 6.92 Å². The minimum Gasteiger partial charge on any atom is -0.366 e. The molecule has 0 unspecified atom stereocenters. The van der Waals surface area contributed by atoms with Crippen molar-refractivity contribution in [3.05, 3.63) is 39.9 Å². The predicted octanol–water partition coefficient (Wildman–Crippen LogP) is 0.839. The number of nitro groups is 1. The van der Waals surface area contributed by atoms with Crippen LogP contribution >= 0.6 is 11.8 Å². The Bertz CT molecular complexity index is 506. The van der Waals surface area contributed by atoms with Gasteiger partial charge in [0.05, 0.1) is 23.5 Å². The normalized spacial score (nSPS) is 10.9. The molecule has 0 aliphatic rings. The third-order valence-electron chi connectivity index (χ3n) is 2.36. The fourth-order valence-corrected chi connectivity index (χ4v) is 2.26. The van der Waals surface area contributed by atoms with Crippen LogP contribution in [-0.2, 0) is 5.75 Å². The first-order valence-electron chi connectivity index (χ1n) is 5.96. The van der Waals surface area contributed by atoms with Crippen LogP contribution in [0.15, 0.2) is 18.3 Å². The molecule has 7 nitrogen and oxygen atoms in total. The molecule has 1 heterocycles. The van der Waals surface area contributed by atoms with Crippen molar-refractivity contribution in [2.24, 2.45) is 0 Å². The zero-order valence-corrected chi connectivity index (χ0v) is 12.0. The monoisotopic (exact) mass is 295 g/mol. The van der Waals surface area contributed by atoms with Gasteiger partial charge in [-0.1, -0.05) is 5.92 Å². The van der Waals surface area contributed by atoms with E-state index in [0.717, 1.165) is 29.1 Å². The van der Waals surface area contributed by atoms with E-state index in [0.29, 0.717) is 12.4 Å². The largest absolute Gasteiger partial charge is 0.366 e. The summed E-state index contributed by atoms with van der Waals surface area (Å²) in [5.41, 5.74) is 2.09. The molecule has 0 fully saturated rings. The first-order chi connectivity index (χ1) is 9.63. The summed E-state index contributed by atoms with van der Waals surface area (Å²) >= 11 is 1.71. The molecule has 1 aromatic rings. The van der Waals surface area contributed by atoms with Crippen LogP contribution in [0.3, 0.4) is 0 Å². The summed E-state index contributed by atoms with van der Waals surface area (Å²) < 4.78 is 0. The maximum Gasteiger partial charge on any atom is 0.274 e. The third kappa shape index (κ3) is 6.15. The van der Waals surface area contributed by atoms with E-state index in [-0.39, 0.29) is 6.54 Å². The lowest BCUT2D eigenvalue weighted by Gasteiger charge is -2.09. The molecular formula is C12H17N5O2S. The van der Waals surface area contributed by atoms with E-state index in [4.69, 9.17) is 6.42 Å². The van der Waals surface area contributed by atoms with E-state index in [1.165, 1.54) is 0 Å². The number of aromatic nitrogens is 2. The molecule has 20 heavy (non-hydrogen) atoms. The number of imidazole rings is 1. The smallest absolute Gasteiger partial charge is 0.274 e. The van der Waals surface area contributed by atoms with Gasteiger partial charge in [0.1, 0.15) is 0 Å². The molecule has 0 aromatic carbocycles. The Hall–Kier alpha value is -2.14. The molecule has 1 rings (SSSR count). The van der Waals surface area contributed by atoms with E-state index in [1.54, 1.807) is 18.1 Å². The second-order valence-electron chi connectivity index (χ2n) is 3.83. The van der Waals surface area contributed by atoms with E-state index >= 15 is 0 Å². The summed E-state index contributed by atoms with van der Waals surface area (Å²) in [6.07, 6.45) is 7.65. The SMILES string of the molecule is C#CCN/C(=C/[N+](=O)[O-])NCCSCc1[nH]cnc1C. The Morgan fingerprint density at radius 2 is 2.50 bits per heavy atom. The van der Waals surface area contributed by atoms with Gasteiger partial charge in [-0.15, -0.1) is 6.42 Å². The summed E-state index contributed by atoms with van der Waals surface area (Å²) in [5.74, 6) is 4.34. The van der Waals surface area contributed by atoms with Gasteiger partial charge in [0, 0.05) is 23.7 Å². The molecule has 8 heteroatoms. The van der Waals surface area contributed by atoms with Gasteiger partial charge in [0.15, 0.2) is 5.82 Å². The standard InChI is InChI=1S/C12H17N5O2S/c1-3-4-13-12(7-17(18)19)14-5-6-20-8-11-10(2)15-9-16-11/h1,7,9,13-14H,4-6,8H2,2H3,(H,15,16)/b12-7-. The van der Waals surface area contributed by atoms with Crippen molar-refractivity contribution in [3.63, 3.8) is 0 Å². The number of nitrogens with one attached hydrogen (secondary N) is 3. The lowest BCUT2D eigenvalue weighted by molar-refractivity contribution is -0.404. The molecule has 0 bridgehead atoms. The van der Waals surface area contributed by atoms with Crippen molar-refractivity contribution in [2.45, 2.75) is 12.7 Å². The van der Waals surface area contributed by atoms with Crippen LogP contribution in [0.4, 0.5) is 0 Å². The molecule has 0 saturated carbocycles. The van der Waals surface area contributed by atoms with Crippen molar-refractivity contribution < 1.29 is 4.92 Å². The van der Waals surface area contributed by atoms with Crippen molar-refractivity contribution in [3.8, 4) is 12.3 Å². The fourth-order valence-electron chi connectivity index (χ4n) is 1.37. The Labute approximate surface area is 121 Å². The van der Waals surface area contributed by atoms with Gasteiger partial charge in [-0.25, -0.2) is 4.98 Å². The highest BCUT2D eigenvalue weighted by molar-refractivity contribution is 7.98. The van der Waals surface area contributed by atoms with Crippen molar-refractivity contribution in [1.29, 1.82) is 0 Å². The van der Waals surface area contributed by atoms with E-state index in [2.05, 4.69) is 26.5 Å². The number of thioether (sulfide) groups is 1. The molecule has 0 aliphatic carbocycles. The van der Waals surface area contributed by atoms with Crippen molar-refractivity contribution >= 4 is 11.8 Å². The summed E-state index contributed by atoms with van der Waals surface area (Å²) in [5, 5.41) is 16.1. The van der Waals surface area contributed by atoms with Crippen LogP contribution < -0.4 is 10.6 Å². The molecule has 3 N–H and O–H groups in total. The van der Waals surface area contributed by atoms with Gasteiger partial charge in [-0.2, -0.15) is 11.8 Å². The Morgan fingerprint density at radius 1 is 1.70 bits per heavy atom. The van der Waals surface area contributed by atoms with E-state index < -0.39 is 4.92 Å². The number of rotatable bonds is 9. The van der Waals surface area contributed by atoms with E-state index in [9.17, 15) is 10.1 Å². The second-order valence-corrected chi connectivity index (χ2v) is 4.94. The van der Waals surface area contributed by atoms with Gasteiger partial charge in [-0.05, 0) is 6.92 Å². The molecule has 0 spiro atoms. The number of aromatic amines is 1. The van der Waals surface area contributed by atoms with Gasteiger partial charge >= 0.3 is 0 Å². The van der Waals surface area contributed by atoms with Crippen LogP contribution in [0.1, 0.15) is 11.4 Å². The van der Waals surface area contributed by atoms with Gasteiger partial charge in [0.25, 0.3) is 6.20 Å². The lowest BCUT2D eigenvalue weighted by Crippen LogP contribution is -2.29. The molecule has 0 radical (unpaired) electrons. The maximum atomic E-state index is 10.4. The first kappa shape index (κ1) is 15.9. The molecule has 0 amide bonds. The quantitative estimate of drug-likeness (QED) is 0.270. The Kier molecular flexibility index (Phi) is 7.06. The number of hydrogen-bond acceptors (Lipinski definition) is 6. The summed E-state index contributed by atoms with van der Waals surface area (Å²) in [7, 11) is 0. The summed E-state index contributed by atoms with van der Waals surface area (Å²) in [4.78, 5) is 17.1. The van der Waals surface area contributed by atoms with Crippen LogP contribution in [0, 0.1) is 29.4 Å². The minimum absolute atomic E-state index is 0.243. The minimum atomic E-state index is -0.521. The number of nitrogens with zero attached hydrogens (tertiary/aromatic N) is 2. The molecule has 0 aliphatic heterocycles. The molecule has 108 valence electrons. The number of aryl methyl sites for hydroxylation is 1. The summed E-state index contributed by atoms with van der Waals surface area (Å²) in [6.45, 7) is 2.80. The average Bonchev–Trinajstić information content (AvgIpc) is 2.80. The molecule has 1 aromatic heterocycles. The molecular weight excluding hydrogens is 278 g/mol. The number of terminal acetylenes is 1. The zero-order valence-electron chi connectivity index (χ0n) is 11.2. The highest BCUT2D eigenvalue weighted by atomic mass is 32.2. The predicted molar refractivity (Wildman–Crippen MR) is 79.4 cm³/mol. The van der Waals surface area contributed by atoms with Crippen LogP contribution in [0.2, 0.25) is 0 Å². The number of hydrogen-bond donors (Lipinski definition) is 3. The maximum absolute atomic E-state index is 10.4. The topological polar surface area (TPSA) is 95.9 Å². The van der Waals surface area contributed by atoms with Gasteiger partial charge < -0.3 is 15.6 Å². The summed E-state index contributed by atoms with van der Waals surface area (Å²) in [6, 6.07) is 0. The van der Waals surface area contributed by atoms with Gasteiger partial charge in [0.2, 0.25) is 0 Å². The Morgan fingerprint density at radius 3 is 3.10 bits per heavy atom. The van der Waals surface area contributed by atoms with Crippen molar-refractivity contribution in [1.82, 2.24) is 20.6 Å². The molecule has 0 saturated heterocycles. The first-order valence-corrected chi connectivity index (χ1v) is 7.12. The zero-order chi connectivity index (χ0) is 14.8. The van der Waals surface area contributed by atoms with Crippen molar-refractivity contribution in [2.75, 3.05) is 18.8 Å². The van der Waals surface area contributed by atoms with Crippen LogP contribution in [0.25, 0.3) is 0 Å². The molecule has 0 atom stereocenters. The van der Waals surface area contributed by atoms with Gasteiger partial charge in [-0.3, -0.25) is 10.1 Å². The highest BCUT2D eigenvalue weighted by Crippen LogP contribution is 2.11. The highest BCUT2D eigenvalue weighted by Gasteiger charge is 2.02. The second kappa shape index (κ2) is 8.87. The average molecular weight is 295 g/mol. The van der Waals surface area contributed by atoms with Crippen LogP contribution in [-0.4, -0.2) is 33.7 Å². The Balaban J connectivity index is 2.25. The number of H-pyrrole nitrogens is 1. The fraction of sp³-hybridized carbons (Fsp3) is 0.417. The third-order valence-corrected chi connectivity index (χ3v) is 3.34. The van der Waals surface area contributed by atoms with Crippen LogP contribution in [0.5, 0.6) is 0 Å².